The molecular formula is C27H20Cl2N4O3S3. The van der Waals surface area contributed by atoms with Crippen LogP contribution in [-0.4, -0.2) is 38.0 Å². The molecule has 3 heterocycles. The van der Waals surface area contributed by atoms with Crippen molar-refractivity contribution in [3.63, 3.8) is 0 Å². The van der Waals surface area contributed by atoms with Crippen molar-refractivity contribution >= 4 is 80.5 Å². The SMILES string of the molecule is Cc1nc(C)c(C(=O)C2=C(O)C(=O)N(c3nnc(SCc4ccc(Cl)cc4Cl)s3)C2/C=C/c2ccccc2)s1. The predicted molar refractivity (Wildman–Crippen MR) is 158 cm³/mol. The van der Waals surface area contributed by atoms with Crippen molar-refractivity contribution in [1.29, 1.82) is 0 Å². The zero-order valence-electron chi connectivity index (χ0n) is 20.6. The summed E-state index contributed by atoms with van der Waals surface area (Å²) in [5, 5.41) is 21.5. The van der Waals surface area contributed by atoms with Gasteiger partial charge in [-0.25, -0.2) is 4.98 Å². The van der Waals surface area contributed by atoms with Crippen LogP contribution in [0.2, 0.25) is 10.0 Å². The minimum Gasteiger partial charge on any atom is -0.503 e. The number of hydrogen-bond donors (Lipinski definition) is 1. The van der Waals surface area contributed by atoms with Gasteiger partial charge in [-0.15, -0.1) is 21.5 Å². The molecule has 1 aliphatic rings. The summed E-state index contributed by atoms with van der Waals surface area (Å²) in [4.78, 5) is 33.0. The van der Waals surface area contributed by atoms with E-state index in [4.69, 9.17) is 23.2 Å². The lowest BCUT2D eigenvalue weighted by atomic mass is 10.0. The normalized spacial score (nSPS) is 15.6. The highest BCUT2D eigenvalue weighted by Gasteiger charge is 2.44. The number of halogens is 2. The number of aryl methyl sites for hydroxylation is 2. The molecule has 0 bridgehead atoms. The first-order valence-corrected chi connectivity index (χ1v) is 15.0. The molecule has 0 saturated carbocycles. The molecule has 4 aromatic rings. The van der Waals surface area contributed by atoms with Crippen LogP contribution in [0.4, 0.5) is 5.13 Å². The van der Waals surface area contributed by atoms with Crippen molar-refractivity contribution in [2.45, 2.75) is 30.0 Å². The van der Waals surface area contributed by atoms with Gasteiger partial charge in [0.2, 0.25) is 10.9 Å². The van der Waals surface area contributed by atoms with E-state index in [2.05, 4.69) is 15.2 Å². The quantitative estimate of drug-likeness (QED) is 0.126. The number of ketones is 1. The summed E-state index contributed by atoms with van der Waals surface area (Å²) in [7, 11) is 0. The van der Waals surface area contributed by atoms with Gasteiger partial charge in [0.05, 0.1) is 27.2 Å². The van der Waals surface area contributed by atoms with Crippen LogP contribution in [0.5, 0.6) is 0 Å². The summed E-state index contributed by atoms with van der Waals surface area (Å²) in [6.07, 6.45) is 3.52. The first-order chi connectivity index (χ1) is 18.7. The molecule has 7 nitrogen and oxygen atoms in total. The molecule has 1 atom stereocenters. The zero-order valence-corrected chi connectivity index (χ0v) is 24.6. The van der Waals surface area contributed by atoms with E-state index in [1.54, 1.807) is 38.1 Å². The van der Waals surface area contributed by atoms with Crippen LogP contribution in [0, 0.1) is 13.8 Å². The van der Waals surface area contributed by atoms with Crippen LogP contribution in [-0.2, 0) is 10.5 Å². The van der Waals surface area contributed by atoms with Crippen LogP contribution < -0.4 is 4.90 Å². The molecular weight excluding hydrogens is 595 g/mol. The fourth-order valence-electron chi connectivity index (χ4n) is 4.02. The van der Waals surface area contributed by atoms with Crippen molar-refractivity contribution in [3.8, 4) is 0 Å². The lowest BCUT2D eigenvalue weighted by Gasteiger charge is -2.20. The molecule has 0 radical (unpaired) electrons. The van der Waals surface area contributed by atoms with E-state index in [0.717, 1.165) is 16.1 Å². The molecule has 0 fully saturated rings. The van der Waals surface area contributed by atoms with Crippen LogP contribution in [0.3, 0.4) is 0 Å². The molecule has 1 aliphatic heterocycles. The Hall–Kier alpha value is -3.02. The number of thioether (sulfide) groups is 1. The van der Waals surface area contributed by atoms with E-state index in [0.29, 0.717) is 30.7 Å². The monoisotopic (exact) mass is 614 g/mol. The van der Waals surface area contributed by atoms with E-state index in [9.17, 15) is 14.7 Å². The number of aliphatic hydroxyl groups is 1. The molecule has 12 heteroatoms. The van der Waals surface area contributed by atoms with E-state index >= 15 is 0 Å². The Labute approximate surface area is 246 Å². The van der Waals surface area contributed by atoms with Crippen molar-refractivity contribution in [3.05, 3.63) is 103 Å². The third-order valence-electron chi connectivity index (χ3n) is 5.84. The van der Waals surface area contributed by atoms with Gasteiger partial charge in [-0.1, -0.05) is 94.9 Å². The topological polar surface area (TPSA) is 96.3 Å². The van der Waals surface area contributed by atoms with Gasteiger partial charge < -0.3 is 5.11 Å². The zero-order chi connectivity index (χ0) is 27.7. The fraction of sp³-hybridized carbons (Fsp3) is 0.148. The number of amides is 1. The van der Waals surface area contributed by atoms with Crippen LogP contribution in [0.15, 0.2) is 70.3 Å². The number of rotatable bonds is 8. The molecule has 0 aliphatic carbocycles. The predicted octanol–water partition coefficient (Wildman–Crippen LogP) is 7.33. The maximum absolute atomic E-state index is 13.6. The van der Waals surface area contributed by atoms with Crippen molar-refractivity contribution < 1.29 is 14.7 Å². The van der Waals surface area contributed by atoms with Gasteiger partial charge in [0.25, 0.3) is 5.91 Å². The molecule has 1 N–H and O–H groups in total. The third kappa shape index (κ3) is 5.80. The maximum Gasteiger partial charge on any atom is 0.296 e. The minimum atomic E-state index is -0.886. The molecule has 1 unspecified atom stereocenters. The summed E-state index contributed by atoms with van der Waals surface area (Å²) < 4.78 is 0.600. The van der Waals surface area contributed by atoms with Crippen LogP contribution in [0.1, 0.15) is 31.5 Å². The van der Waals surface area contributed by atoms with Gasteiger partial charge in [0.1, 0.15) is 0 Å². The molecule has 2 aromatic carbocycles. The number of hydrogen-bond acceptors (Lipinski definition) is 9. The number of carbonyl (C=O) groups excluding carboxylic acids is 2. The molecule has 0 saturated heterocycles. The Bertz CT molecular complexity index is 1630. The number of aliphatic hydroxyl groups excluding tert-OH is 1. The smallest absolute Gasteiger partial charge is 0.296 e. The van der Waals surface area contributed by atoms with E-state index in [1.807, 2.05) is 36.4 Å². The first kappa shape index (κ1) is 27.5. The number of Topliss-reactive ketones (excluding diaryl/α,β-unsaturated/α-hetero) is 1. The van der Waals surface area contributed by atoms with Gasteiger partial charge in [-0.3, -0.25) is 14.5 Å². The molecule has 2 aromatic heterocycles. The van der Waals surface area contributed by atoms with E-state index < -0.39 is 23.5 Å². The van der Waals surface area contributed by atoms with Gasteiger partial charge in [0.15, 0.2) is 10.1 Å². The maximum atomic E-state index is 13.6. The van der Waals surface area contributed by atoms with Gasteiger partial charge in [0, 0.05) is 15.8 Å². The van der Waals surface area contributed by atoms with E-state index in [-0.39, 0.29) is 10.7 Å². The molecule has 5 rings (SSSR count). The minimum absolute atomic E-state index is 0.0173. The molecule has 1 amide bonds. The second kappa shape index (κ2) is 11.6. The number of aromatic nitrogens is 3. The van der Waals surface area contributed by atoms with Crippen LogP contribution >= 0.6 is 57.6 Å². The standard InChI is InChI=1S/C27H20Cl2N4O3S3/c1-14-24(38-15(2)30-14)22(34)21-20(11-8-16-6-4-3-5-7-16)33(25(36)23(21)35)26-31-32-27(39-26)37-13-17-9-10-18(28)12-19(17)29/h3-12,20,35H,13H2,1-2H3/b11-8+. The number of anilines is 1. The fourth-order valence-corrected chi connectivity index (χ4v) is 7.33. The lowest BCUT2D eigenvalue weighted by Crippen LogP contribution is -2.35. The van der Waals surface area contributed by atoms with Gasteiger partial charge >= 0.3 is 0 Å². The van der Waals surface area contributed by atoms with E-state index in [1.165, 1.54) is 39.3 Å². The summed E-state index contributed by atoms with van der Waals surface area (Å²) in [6, 6.07) is 13.9. The highest BCUT2D eigenvalue weighted by molar-refractivity contribution is 8.00. The number of nitrogens with zero attached hydrogens (tertiary/aromatic N) is 4. The Morgan fingerprint density at radius 1 is 1.13 bits per heavy atom. The first-order valence-electron chi connectivity index (χ1n) is 11.6. The second-order valence-corrected chi connectivity index (χ2v) is 12.7. The average Bonchev–Trinajstić information content (AvgIpc) is 3.58. The third-order valence-corrected chi connectivity index (χ3v) is 9.61. The summed E-state index contributed by atoms with van der Waals surface area (Å²) in [5.41, 5.74) is 2.29. The Kier molecular flexibility index (Phi) is 8.20. The Morgan fingerprint density at radius 3 is 2.59 bits per heavy atom. The van der Waals surface area contributed by atoms with Crippen molar-refractivity contribution in [2.75, 3.05) is 4.90 Å². The number of benzene rings is 2. The second-order valence-electron chi connectivity index (χ2n) is 8.50. The lowest BCUT2D eigenvalue weighted by molar-refractivity contribution is -0.116. The molecule has 39 heavy (non-hydrogen) atoms. The Morgan fingerprint density at radius 2 is 1.90 bits per heavy atom. The summed E-state index contributed by atoms with van der Waals surface area (Å²) in [6.45, 7) is 3.54. The van der Waals surface area contributed by atoms with Crippen molar-refractivity contribution in [2.24, 2.45) is 0 Å². The number of carbonyl (C=O) groups is 2. The average molecular weight is 616 g/mol. The summed E-state index contributed by atoms with van der Waals surface area (Å²) >= 11 is 16.1. The molecule has 0 spiro atoms. The van der Waals surface area contributed by atoms with Gasteiger partial charge in [-0.2, -0.15) is 0 Å². The van der Waals surface area contributed by atoms with Crippen molar-refractivity contribution in [1.82, 2.24) is 15.2 Å². The summed E-state index contributed by atoms with van der Waals surface area (Å²) in [5.74, 6) is -1.24. The number of thiazole rings is 1. The Balaban J connectivity index is 1.47. The highest BCUT2D eigenvalue weighted by atomic mass is 35.5. The van der Waals surface area contributed by atoms with Crippen LogP contribution in [0.25, 0.3) is 6.08 Å². The highest BCUT2D eigenvalue weighted by Crippen LogP contribution is 2.39. The molecule has 198 valence electrons. The largest absolute Gasteiger partial charge is 0.503 e. The van der Waals surface area contributed by atoms with Gasteiger partial charge in [-0.05, 0) is 37.1 Å².